The van der Waals surface area contributed by atoms with E-state index in [1.54, 1.807) is 0 Å². The Morgan fingerprint density at radius 2 is 1.44 bits per heavy atom. The maximum Gasteiger partial charge on any atom is 0.512 e. The molecule has 0 fully saturated rings. The van der Waals surface area contributed by atoms with Crippen molar-refractivity contribution in [3.05, 3.63) is 132 Å². The van der Waals surface area contributed by atoms with E-state index in [9.17, 15) is 9.90 Å². The summed E-state index contributed by atoms with van der Waals surface area (Å²) in [5.41, 5.74) is 5.31. The molecule has 1 heterocycles. The van der Waals surface area contributed by atoms with Crippen molar-refractivity contribution in [3.8, 4) is 34.6 Å². The van der Waals surface area contributed by atoms with E-state index in [0.717, 1.165) is 55.2 Å². The zero-order valence-electron chi connectivity index (χ0n) is 22.3. The zero-order chi connectivity index (χ0) is 28.0. The minimum absolute atomic E-state index is 0.234. The Labute approximate surface area is 238 Å². The summed E-state index contributed by atoms with van der Waals surface area (Å²) in [6.07, 6.45) is -0.109. The van der Waals surface area contributed by atoms with Gasteiger partial charge in [-0.2, -0.15) is 0 Å². The summed E-state index contributed by atoms with van der Waals surface area (Å²) in [6, 6.07) is 37.9. The highest BCUT2D eigenvalue weighted by Gasteiger charge is 2.19. The molecule has 0 saturated heterocycles. The molecule has 0 unspecified atom stereocenters. The highest BCUT2D eigenvalue weighted by molar-refractivity contribution is 5.99. The van der Waals surface area contributed by atoms with E-state index in [2.05, 4.69) is 29.0 Å². The number of aryl methyl sites for hydroxylation is 1. The van der Waals surface area contributed by atoms with Gasteiger partial charge < -0.3 is 19.6 Å². The van der Waals surface area contributed by atoms with Crippen molar-refractivity contribution in [2.45, 2.75) is 12.8 Å². The lowest BCUT2D eigenvalue weighted by Gasteiger charge is -2.10. The fourth-order valence-corrected chi connectivity index (χ4v) is 5.14. The molecule has 0 aliphatic carbocycles. The largest absolute Gasteiger partial charge is 0.512 e. The van der Waals surface area contributed by atoms with E-state index >= 15 is 0 Å². The van der Waals surface area contributed by atoms with Crippen LogP contribution in [-0.2, 0) is 6.42 Å². The third-order valence-electron chi connectivity index (χ3n) is 7.00. The number of ether oxygens (including phenoxy) is 2. The monoisotopic (exact) mass is 537 g/mol. The summed E-state index contributed by atoms with van der Waals surface area (Å²) in [7, 11) is 0. The van der Waals surface area contributed by atoms with E-state index in [1.807, 2.05) is 103 Å². The Kier molecular flexibility index (Phi) is 7.38. The summed E-state index contributed by atoms with van der Waals surface area (Å²) in [4.78, 5) is 14.8. The van der Waals surface area contributed by atoms with Crippen LogP contribution in [0.15, 0.2) is 115 Å². The second-order valence-corrected chi connectivity index (χ2v) is 9.62. The molecule has 6 rings (SSSR count). The molecule has 5 aromatic carbocycles. The van der Waals surface area contributed by atoms with Crippen LogP contribution < -0.4 is 9.47 Å². The molecule has 0 saturated carbocycles. The van der Waals surface area contributed by atoms with Crippen LogP contribution in [0.3, 0.4) is 0 Å². The number of fused-ring (bicyclic) bond motifs is 2. The van der Waals surface area contributed by atoms with Crippen molar-refractivity contribution in [3.63, 3.8) is 0 Å². The molecule has 5 nitrogen and oxygen atoms in total. The predicted octanol–water partition coefficient (Wildman–Crippen LogP) is 8.46. The van der Waals surface area contributed by atoms with E-state index in [-0.39, 0.29) is 5.88 Å². The molecule has 0 aliphatic rings. The molecule has 6 aromatic rings. The smallest absolute Gasteiger partial charge is 0.493 e. The van der Waals surface area contributed by atoms with Gasteiger partial charge in [0.25, 0.3) is 0 Å². The molecule has 0 amide bonds. The van der Waals surface area contributed by atoms with Gasteiger partial charge in [-0.05, 0) is 48.1 Å². The molecule has 0 aliphatic heterocycles. The molecule has 200 valence electrons. The third kappa shape index (κ3) is 5.63. The Balaban J connectivity index is 1.30. The molecular formula is C36H27NO4. The van der Waals surface area contributed by atoms with Gasteiger partial charge in [0.1, 0.15) is 5.75 Å². The molecule has 1 aromatic heterocycles. The number of carbonyl (C=O) groups is 1. The van der Waals surface area contributed by atoms with Crippen LogP contribution in [-0.4, -0.2) is 22.9 Å². The first-order valence-corrected chi connectivity index (χ1v) is 13.5. The number of aromatic nitrogens is 1. The summed E-state index contributed by atoms with van der Waals surface area (Å²) < 4.78 is 11.4. The molecule has 0 spiro atoms. The Bertz CT molecular complexity index is 1910. The van der Waals surface area contributed by atoms with Crippen molar-refractivity contribution < 1.29 is 19.4 Å². The number of hydrogen-bond acceptors (Lipinski definition) is 3. The highest BCUT2D eigenvalue weighted by Crippen LogP contribution is 2.37. The van der Waals surface area contributed by atoms with E-state index in [0.29, 0.717) is 19.4 Å². The van der Waals surface area contributed by atoms with Crippen LogP contribution >= 0.6 is 0 Å². The van der Waals surface area contributed by atoms with Gasteiger partial charge in [-0.1, -0.05) is 103 Å². The first kappa shape index (κ1) is 25.8. The van der Waals surface area contributed by atoms with Crippen molar-refractivity contribution in [2.24, 2.45) is 0 Å². The molecule has 0 radical (unpaired) electrons. The summed E-state index contributed by atoms with van der Waals surface area (Å²) in [5.74, 6) is 7.62. The number of rotatable bonds is 7. The number of benzene rings is 5. The van der Waals surface area contributed by atoms with Crippen molar-refractivity contribution in [2.75, 3.05) is 6.61 Å². The second kappa shape index (κ2) is 11.7. The fourth-order valence-electron chi connectivity index (χ4n) is 5.14. The first-order chi connectivity index (χ1) is 20.2. The van der Waals surface area contributed by atoms with Gasteiger partial charge >= 0.3 is 6.16 Å². The van der Waals surface area contributed by atoms with Crippen LogP contribution in [0.2, 0.25) is 0 Å². The maximum absolute atomic E-state index is 11.6. The maximum atomic E-state index is 11.6. The van der Waals surface area contributed by atoms with Gasteiger partial charge in [0.2, 0.25) is 5.88 Å². The van der Waals surface area contributed by atoms with Gasteiger partial charge in [-0.15, -0.1) is 0 Å². The molecule has 0 bridgehead atoms. The van der Waals surface area contributed by atoms with E-state index in [4.69, 9.17) is 9.47 Å². The van der Waals surface area contributed by atoms with Gasteiger partial charge in [0.05, 0.1) is 12.1 Å². The van der Waals surface area contributed by atoms with Crippen molar-refractivity contribution >= 4 is 27.8 Å². The molecule has 0 atom stereocenters. The summed E-state index contributed by atoms with van der Waals surface area (Å²) in [6.45, 7) is 0.477. The topological polar surface area (TPSA) is 71.5 Å². The lowest BCUT2D eigenvalue weighted by molar-refractivity contribution is 0.142. The normalized spacial score (nSPS) is 10.7. The minimum Gasteiger partial charge on any atom is -0.493 e. The van der Waals surface area contributed by atoms with Crippen LogP contribution in [0, 0.1) is 11.8 Å². The first-order valence-electron chi connectivity index (χ1n) is 13.5. The second-order valence-electron chi connectivity index (χ2n) is 9.62. The lowest BCUT2D eigenvalue weighted by Crippen LogP contribution is -2.06. The van der Waals surface area contributed by atoms with E-state index in [1.165, 1.54) is 0 Å². The SMILES string of the molecule is O=C(O)Oc1[nH]c2c(-c3ccccc3C#Cc3ccccc3)cccc2c1CCCOc1cccc2ccccc12. The average molecular weight is 538 g/mol. The van der Waals surface area contributed by atoms with Crippen LogP contribution in [0.4, 0.5) is 4.79 Å². The molecule has 41 heavy (non-hydrogen) atoms. The van der Waals surface area contributed by atoms with Gasteiger partial charge in [-0.3, -0.25) is 0 Å². The Morgan fingerprint density at radius 1 is 0.732 bits per heavy atom. The predicted molar refractivity (Wildman–Crippen MR) is 163 cm³/mol. The number of hydrogen-bond donors (Lipinski definition) is 2. The number of nitrogens with one attached hydrogen (secondary N) is 1. The molecule has 5 heteroatoms. The fraction of sp³-hybridized carbons (Fsp3) is 0.0833. The van der Waals surface area contributed by atoms with Crippen LogP contribution in [0.1, 0.15) is 23.1 Å². The zero-order valence-corrected chi connectivity index (χ0v) is 22.3. The number of aromatic amines is 1. The lowest BCUT2D eigenvalue weighted by atomic mass is 9.96. The quantitative estimate of drug-likeness (QED) is 0.122. The standard InChI is InChI=1S/C36H27NO4/c38-36(39)41-35-32(20-10-24-40-33-21-8-15-26-13-5-7-17-29(26)33)31-19-9-18-30(34(31)37-35)28-16-6-4-14-27(28)23-22-25-11-2-1-3-12-25/h1-9,11-19,21,37H,10,20,24H2,(H,38,39). The van der Waals surface area contributed by atoms with Gasteiger partial charge in [0, 0.05) is 33.0 Å². The summed E-state index contributed by atoms with van der Waals surface area (Å²) >= 11 is 0. The molecular weight excluding hydrogens is 510 g/mol. The van der Waals surface area contributed by atoms with Gasteiger partial charge in [-0.25, -0.2) is 4.79 Å². The van der Waals surface area contributed by atoms with Crippen LogP contribution in [0.5, 0.6) is 11.6 Å². The Morgan fingerprint density at radius 3 is 2.32 bits per heavy atom. The van der Waals surface area contributed by atoms with Crippen molar-refractivity contribution in [1.82, 2.24) is 4.98 Å². The van der Waals surface area contributed by atoms with Crippen molar-refractivity contribution in [1.29, 1.82) is 0 Å². The number of H-pyrrole nitrogens is 1. The number of para-hydroxylation sites is 1. The minimum atomic E-state index is -1.36. The Hall–Kier alpha value is -5.47. The molecule has 2 N–H and O–H groups in total. The van der Waals surface area contributed by atoms with Crippen LogP contribution in [0.25, 0.3) is 32.8 Å². The number of carboxylic acid groups (broad SMARTS) is 1. The third-order valence-corrected chi connectivity index (χ3v) is 7.00. The van der Waals surface area contributed by atoms with Gasteiger partial charge in [0.15, 0.2) is 0 Å². The highest BCUT2D eigenvalue weighted by atomic mass is 16.7. The van der Waals surface area contributed by atoms with E-state index < -0.39 is 6.16 Å². The summed E-state index contributed by atoms with van der Waals surface area (Å²) in [5, 5.41) is 12.6. The average Bonchev–Trinajstić information content (AvgIpc) is 3.35.